The zero-order valence-corrected chi connectivity index (χ0v) is 24.1. The van der Waals surface area contributed by atoms with E-state index in [0.29, 0.717) is 60.1 Å². The van der Waals surface area contributed by atoms with E-state index in [0.717, 1.165) is 0 Å². The van der Waals surface area contributed by atoms with Gasteiger partial charge in [0.1, 0.15) is 0 Å². The Labute approximate surface area is 246 Å². The first kappa shape index (κ1) is 29.6. The maximum Gasteiger partial charge on any atom is 0.254 e. The second-order valence-corrected chi connectivity index (χ2v) is 10.7. The highest BCUT2D eigenvalue weighted by Gasteiger charge is 2.22. The van der Waals surface area contributed by atoms with Gasteiger partial charge in [0, 0.05) is 35.9 Å². The molecular formula is C27H28Cl2N6O4S. The lowest BCUT2D eigenvalue weighted by molar-refractivity contribution is -0.113. The number of hydrogen-bond donors (Lipinski definition) is 2. The van der Waals surface area contributed by atoms with Gasteiger partial charge in [0.15, 0.2) is 11.0 Å². The topological polar surface area (TPSA) is 118 Å². The summed E-state index contributed by atoms with van der Waals surface area (Å²) < 4.78 is 7.09. The van der Waals surface area contributed by atoms with Gasteiger partial charge >= 0.3 is 0 Å². The molecule has 2 N–H and O–H groups in total. The normalized spacial score (nSPS) is 13.9. The van der Waals surface area contributed by atoms with Gasteiger partial charge < -0.3 is 24.8 Å². The van der Waals surface area contributed by atoms with Gasteiger partial charge in [-0.05, 0) is 43.3 Å². The lowest BCUT2D eigenvalue weighted by Gasteiger charge is -2.27. The van der Waals surface area contributed by atoms with Crippen molar-refractivity contribution < 1.29 is 19.1 Å². The summed E-state index contributed by atoms with van der Waals surface area (Å²) in [7, 11) is 0. The predicted octanol–water partition coefficient (Wildman–Crippen LogP) is 4.47. The molecule has 2 heterocycles. The zero-order chi connectivity index (χ0) is 28.6. The Hall–Kier alpha value is -3.38. The molecule has 0 spiro atoms. The minimum atomic E-state index is -0.512. The molecule has 1 fully saturated rings. The molecular weight excluding hydrogens is 575 g/mol. The van der Waals surface area contributed by atoms with Crippen LogP contribution in [0.5, 0.6) is 0 Å². The molecule has 1 atom stereocenters. The molecule has 13 heteroatoms. The van der Waals surface area contributed by atoms with Crippen molar-refractivity contribution >= 4 is 58.4 Å². The van der Waals surface area contributed by atoms with Crippen molar-refractivity contribution in [3.05, 3.63) is 82.1 Å². The van der Waals surface area contributed by atoms with Crippen LogP contribution in [0.1, 0.15) is 39.5 Å². The first-order chi connectivity index (χ1) is 19.3. The molecule has 210 valence electrons. The first-order valence-electron chi connectivity index (χ1n) is 12.5. The molecule has 0 unspecified atom stereocenters. The summed E-state index contributed by atoms with van der Waals surface area (Å²) in [6.07, 6.45) is 1.68. The minimum Gasteiger partial charge on any atom is -0.378 e. The number of amides is 3. The van der Waals surface area contributed by atoms with E-state index in [-0.39, 0.29) is 34.1 Å². The molecule has 3 aromatic rings. The van der Waals surface area contributed by atoms with E-state index in [1.807, 2.05) is 0 Å². The lowest BCUT2D eigenvalue weighted by atomic mass is 10.1. The highest BCUT2D eigenvalue weighted by Crippen LogP contribution is 2.24. The number of morpholine rings is 1. The molecule has 0 radical (unpaired) electrons. The zero-order valence-electron chi connectivity index (χ0n) is 21.7. The lowest BCUT2D eigenvalue weighted by Crippen LogP contribution is -2.40. The van der Waals surface area contributed by atoms with Gasteiger partial charge in [-0.25, -0.2) is 0 Å². The standard InChI is InChI=1S/C27H28Cl2N6O4S/c1-3-9-35-24(17(2)30-25(37)21-8-7-19(28)15-22(21)29)32-33-27(35)40-16-23(36)31-20-6-4-5-18(14-20)26(38)34-10-12-39-13-11-34/h3-8,14-15,17H,1,9-13,16H2,2H3,(H,30,37)(H,31,36)/t17-/m0/s1. The van der Waals surface area contributed by atoms with E-state index in [9.17, 15) is 14.4 Å². The number of aromatic nitrogens is 3. The van der Waals surface area contributed by atoms with Gasteiger partial charge in [0.05, 0.1) is 35.6 Å². The van der Waals surface area contributed by atoms with Crippen LogP contribution in [-0.4, -0.2) is 69.4 Å². The Morgan fingerprint density at radius 2 is 1.93 bits per heavy atom. The highest BCUT2D eigenvalue weighted by atomic mass is 35.5. The SMILES string of the molecule is C=CCn1c(SCC(=O)Nc2cccc(C(=O)N3CCOCC3)c2)nnc1[C@H](C)NC(=O)c1ccc(Cl)cc1Cl. The number of ether oxygens (including phenoxy) is 1. The van der Waals surface area contributed by atoms with Crippen molar-refractivity contribution in [3.8, 4) is 0 Å². The van der Waals surface area contributed by atoms with Crippen LogP contribution in [0.2, 0.25) is 10.0 Å². The summed E-state index contributed by atoms with van der Waals surface area (Å²) in [6, 6.07) is 11.0. The van der Waals surface area contributed by atoms with Gasteiger partial charge in [-0.15, -0.1) is 16.8 Å². The van der Waals surface area contributed by atoms with Gasteiger partial charge in [0.25, 0.3) is 11.8 Å². The van der Waals surface area contributed by atoms with Crippen LogP contribution in [0.25, 0.3) is 0 Å². The Bertz CT molecular complexity index is 1410. The molecule has 2 aromatic carbocycles. The third-order valence-electron chi connectivity index (χ3n) is 5.99. The Morgan fingerprint density at radius 1 is 1.15 bits per heavy atom. The van der Waals surface area contributed by atoms with Gasteiger partial charge in [-0.3, -0.25) is 14.4 Å². The molecule has 3 amide bonds. The van der Waals surface area contributed by atoms with Crippen molar-refractivity contribution in [1.29, 1.82) is 0 Å². The number of benzene rings is 2. The van der Waals surface area contributed by atoms with E-state index < -0.39 is 6.04 Å². The second kappa shape index (κ2) is 13.8. The Kier molecular flexibility index (Phi) is 10.2. The van der Waals surface area contributed by atoms with Gasteiger partial charge in [-0.2, -0.15) is 0 Å². The maximum absolute atomic E-state index is 12.8. The number of hydrogen-bond acceptors (Lipinski definition) is 7. The summed E-state index contributed by atoms with van der Waals surface area (Å²) in [5, 5.41) is 15.3. The molecule has 40 heavy (non-hydrogen) atoms. The molecule has 1 aromatic heterocycles. The molecule has 0 aliphatic carbocycles. The third-order valence-corrected chi connectivity index (χ3v) is 7.51. The van der Waals surface area contributed by atoms with Gasteiger partial charge in [0.2, 0.25) is 5.91 Å². The number of thioether (sulfide) groups is 1. The maximum atomic E-state index is 12.8. The van der Waals surface area contributed by atoms with E-state index >= 15 is 0 Å². The van der Waals surface area contributed by atoms with E-state index in [1.54, 1.807) is 58.9 Å². The molecule has 1 aliphatic rings. The van der Waals surface area contributed by atoms with Crippen molar-refractivity contribution in [2.75, 3.05) is 37.4 Å². The fourth-order valence-electron chi connectivity index (χ4n) is 4.05. The van der Waals surface area contributed by atoms with Gasteiger partial charge in [-0.1, -0.05) is 47.1 Å². The average molecular weight is 604 g/mol. The van der Waals surface area contributed by atoms with Crippen molar-refractivity contribution in [2.24, 2.45) is 0 Å². The van der Waals surface area contributed by atoms with Crippen LogP contribution >= 0.6 is 35.0 Å². The molecule has 1 aliphatic heterocycles. The summed E-state index contributed by atoms with van der Waals surface area (Å²) in [5.41, 5.74) is 1.31. The molecule has 1 saturated heterocycles. The fourth-order valence-corrected chi connectivity index (χ4v) is 5.30. The first-order valence-corrected chi connectivity index (χ1v) is 14.2. The number of nitrogens with zero attached hydrogens (tertiary/aromatic N) is 4. The Balaban J connectivity index is 1.38. The van der Waals surface area contributed by atoms with E-state index in [2.05, 4.69) is 27.4 Å². The summed E-state index contributed by atoms with van der Waals surface area (Å²) in [4.78, 5) is 40.0. The van der Waals surface area contributed by atoms with Crippen LogP contribution in [-0.2, 0) is 16.1 Å². The highest BCUT2D eigenvalue weighted by molar-refractivity contribution is 7.99. The molecule has 0 saturated carbocycles. The number of carbonyl (C=O) groups excluding carboxylic acids is 3. The van der Waals surface area contributed by atoms with Crippen LogP contribution < -0.4 is 10.6 Å². The molecule has 0 bridgehead atoms. The predicted molar refractivity (Wildman–Crippen MR) is 155 cm³/mol. The summed E-state index contributed by atoms with van der Waals surface area (Å²) in [5.74, 6) is -0.202. The quantitative estimate of drug-likeness (QED) is 0.260. The smallest absolute Gasteiger partial charge is 0.254 e. The van der Waals surface area contributed by atoms with Crippen molar-refractivity contribution in [1.82, 2.24) is 25.0 Å². The van der Waals surface area contributed by atoms with E-state index in [1.165, 1.54) is 17.8 Å². The number of anilines is 1. The van der Waals surface area contributed by atoms with Crippen LogP contribution in [0, 0.1) is 0 Å². The molecule has 4 rings (SSSR count). The van der Waals surface area contributed by atoms with Crippen molar-refractivity contribution in [2.45, 2.75) is 24.7 Å². The van der Waals surface area contributed by atoms with Crippen LogP contribution in [0.4, 0.5) is 5.69 Å². The monoisotopic (exact) mass is 602 g/mol. The molecule has 10 nitrogen and oxygen atoms in total. The Morgan fingerprint density at radius 3 is 2.65 bits per heavy atom. The average Bonchev–Trinajstić information content (AvgIpc) is 3.34. The number of allylic oxidation sites excluding steroid dienone is 1. The fraction of sp³-hybridized carbons (Fsp3) is 0.296. The number of carbonyl (C=O) groups is 3. The van der Waals surface area contributed by atoms with Crippen LogP contribution in [0.3, 0.4) is 0 Å². The number of nitrogens with one attached hydrogen (secondary N) is 2. The van der Waals surface area contributed by atoms with Crippen LogP contribution in [0.15, 0.2) is 60.3 Å². The summed E-state index contributed by atoms with van der Waals surface area (Å²) >= 11 is 13.3. The minimum absolute atomic E-state index is 0.0536. The third kappa shape index (κ3) is 7.42. The van der Waals surface area contributed by atoms with Crippen molar-refractivity contribution in [3.63, 3.8) is 0 Å². The second-order valence-electron chi connectivity index (χ2n) is 8.88. The number of rotatable bonds is 10. The summed E-state index contributed by atoms with van der Waals surface area (Å²) in [6.45, 7) is 8.05. The van der Waals surface area contributed by atoms with E-state index in [4.69, 9.17) is 27.9 Å². The number of halogens is 2. The largest absolute Gasteiger partial charge is 0.378 e.